The molecule has 2 aromatic heterocycles. The number of hydrogen-bond acceptors (Lipinski definition) is 3. The number of halogens is 2. The summed E-state index contributed by atoms with van der Waals surface area (Å²) >= 11 is 0. The number of piperidine rings is 1. The van der Waals surface area contributed by atoms with E-state index in [4.69, 9.17) is 4.42 Å². The number of furan rings is 1. The summed E-state index contributed by atoms with van der Waals surface area (Å²) in [7, 11) is 1.76. The lowest BCUT2D eigenvalue weighted by Crippen LogP contribution is -2.45. The van der Waals surface area contributed by atoms with Crippen LogP contribution in [0.25, 0.3) is 22.1 Å². The fourth-order valence-electron chi connectivity index (χ4n) is 4.51. The monoisotopic (exact) mass is 435 g/mol. The zero-order chi connectivity index (χ0) is 22.2. The van der Waals surface area contributed by atoms with Gasteiger partial charge in [-0.25, -0.2) is 8.78 Å². The molecule has 0 aliphatic carbocycles. The van der Waals surface area contributed by atoms with Crippen molar-refractivity contribution in [3.8, 4) is 11.1 Å². The van der Waals surface area contributed by atoms with Gasteiger partial charge in [-0.05, 0) is 55.2 Å². The van der Waals surface area contributed by atoms with Gasteiger partial charge in [0.2, 0.25) is 0 Å². The Morgan fingerprint density at radius 3 is 2.75 bits per heavy atom. The Bertz CT molecular complexity index is 1280. The third kappa shape index (κ3) is 3.79. The van der Waals surface area contributed by atoms with Gasteiger partial charge in [-0.15, -0.1) is 0 Å². The van der Waals surface area contributed by atoms with E-state index in [0.29, 0.717) is 41.0 Å². The standard InChI is InChI=1S/C25H23F2N3O2/c1-29-15-21(16-8-10-17(26)11-9-16)24(28-29)25(31)30-12-3-2-5-18(30)13-19-14-20-22(27)6-4-7-23(20)32-19/h4,6-11,14-15,18H,2-3,5,12-13H2,1H3. The van der Waals surface area contributed by atoms with Crippen LogP contribution in [-0.4, -0.2) is 33.2 Å². The van der Waals surface area contributed by atoms with E-state index in [1.807, 2.05) is 4.90 Å². The molecule has 2 aromatic carbocycles. The lowest BCUT2D eigenvalue weighted by atomic mass is 9.97. The van der Waals surface area contributed by atoms with Crippen molar-refractivity contribution in [3.05, 3.63) is 77.8 Å². The SMILES string of the molecule is Cn1cc(-c2ccc(F)cc2)c(C(=O)N2CCCCC2Cc2cc3c(F)cccc3o2)n1. The molecule has 1 unspecified atom stereocenters. The number of carbonyl (C=O) groups is 1. The quantitative estimate of drug-likeness (QED) is 0.434. The predicted octanol–water partition coefficient (Wildman–Crippen LogP) is 5.35. The first-order chi connectivity index (χ1) is 15.5. The van der Waals surface area contributed by atoms with Crippen molar-refractivity contribution in [3.63, 3.8) is 0 Å². The number of hydrogen-bond donors (Lipinski definition) is 0. The second kappa shape index (κ2) is 8.22. The van der Waals surface area contributed by atoms with Gasteiger partial charge in [-0.1, -0.05) is 18.2 Å². The number of benzene rings is 2. The summed E-state index contributed by atoms with van der Waals surface area (Å²) in [6.45, 7) is 0.623. The highest BCUT2D eigenvalue weighted by atomic mass is 19.1. The van der Waals surface area contributed by atoms with Crippen molar-refractivity contribution in [2.24, 2.45) is 7.05 Å². The van der Waals surface area contributed by atoms with Crippen molar-refractivity contribution in [1.82, 2.24) is 14.7 Å². The molecule has 1 amide bonds. The first kappa shape index (κ1) is 20.4. The third-order valence-electron chi connectivity index (χ3n) is 6.07. The number of aromatic nitrogens is 2. The van der Waals surface area contributed by atoms with Crippen molar-refractivity contribution in [2.75, 3.05) is 6.54 Å². The maximum absolute atomic E-state index is 14.1. The topological polar surface area (TPSA) is 51.3 Å². The Hall–Kier alpha value is -3.48. The van der Waals surface area contributed by atoms with Crippen LogP contribution in [0.1, 0.15) is 35.5 Å². The first-order valence-corrected chi connectivity index (χ1v) is 10.8. The molecule has 5 nitrogen and oxygen atoms in total. The number of nitrogens with zero attached hydrogens (tertiary/aromatic N) is 3. The van der Waals surface area contributed by atoms with Gasteiger partial charge < -0.3 is 9.32 Å². The Kier molecular flexibility index (Phi) is 5.25. The molecule has 3 heterocycles. The molecular formula is C25H23F2N3O2. The minimum atomic E-state index is -0.330. The molecule has 0 N–H and O–H groups in total. The molecule has 1 atom stereocenters. The van der Waals surface area contributed by atoms with Gasteiger partial charge in [-0.3, -0.25) is 9.48 Å². The van der Waals surface area contributed by atoms with Gasteiger partial charge in [0.05, 0.1) is 5.39 Å². The summed E-state index contributed by atoms with van der Waals surface area (Å²) in [5, 5.41) is 4.89. The van der Waals surface area contributed by atoms with Crippen LogP contribution in [0.2, 0.25) is 0 Å². The molecule has 0 bridgehead atoms. The molecule has 164 valence electrons. The number of aryl methyl sites for hydroxylation is 1. The number of rotatable bonds is 4. The summed E-state index contributed by atoms with van der Waals surface area (Å²) in [5.41, 5.74) is 2.27. The molecular weight excluding hydrogens is 412 g/mol. The molecule has 5 rings (SSSR count). The summed E-state index contributed by atoms with van der Waals surface area (Å²) < 4.78 is 34.9. The summed E-state index contributed by atoms with van der Waals surface area (Å²) in [6, 6.07) is 12.5. The van der Waals surface area contributed by atoms with Crippen molar-refractivity contribution >= 4 is 16.9 Å². The molecule has 0 spiro atoms. The van der Waals surface area contributed by atoms with Gasteiger partial charge in [0.25, 0.3) is 5.91 Å². The summed E-state index contributed by atoms with van der Waals surface area (Å²) in [4.78, 5) is 15.4. The van der Waals surface area contributed by atoms with E-state index in [0.717, 1.165) is 24.8 Å². The largest absolute Gasteiger partial charge is 0.461 e. The van der Waals surface area contributed by atoms with E-state index in [9.17, 15) is 13.6 Å². The zero-order valence-electron chi connectivity index (χ0n) is 17.7. The maximum atomic E-state index is 14.1. The van der Waals surface area contributed by atoms with Crippen molar-refractivity contribution in [2.45, 2.75) is 31.7 Å². The van der Waals surface area contributed by atoms with Crippen LogP contribution < -0.4 is 0 Å². The number of amides is 1. The van der Waals surface area contributed by atoms with Crippen LogP contribution in [0.4, 0.5) is 8.78 Å². The van der Waals surface area contributed by atoms with Gasteiger partial charge in [0.15, 0.2) is 5.69 Å². The highest BCUT2D eigenvalue weighted by molar-refractivity contribution is 5.99. The van der Waals surface area contributed by atoms with E-state index in [1.165, 1.54) is 18.2 Å². The zero-order valence-corrected chi connectivity index (χ0v) is 17.7. The summed E-state index contributed by atoms with van der Waals surface area (Å²) in [5.74, 6) is -0.137. The van der Waals surface area contributed by atoms with E-state index >= 15 is 0 Å². The number of likely N-dealkylation sites (tertiary alicyclic amines) is 1. The van der Waals surface area contributed by atoms with Gasteiger partial charge >= 0.3 is 0 Å². The van der Waals surface area contributed by atoms with Crippen LogP contribution in [0.5, 0.6) is 0 Å². The maximum Gasteiger partial charge on any atom is 0.275 e. The molecule has 32 heavy (non-hydrogen) atoms. The predicted molar refractivity (Wildman–Crippen MR) is 117 cm³/mol. The minimum absolute atomic E-state index is 0.0667. The molecule has 0 saturated carbocycles. The van der Waals surface area contributed by atoms with Crippen molar-refractivity contribution < 1.29 is 18.0 Å². The fourth-order valence-corrected chi connectivity index (χ4v) is 4.51. The van der Waals surface area contributed by atoms with Crippen LogP contribution in [0.3, 0.4) is 0 Å². The second-order valence-corrected chi connectivity index (χ2v) is 8.29. The molecule has 1 aliphatic heterocycles. The fraction of sp³-hybridized carbons (Fsp3) is 0.280. The molecule has 7 heteroatoms. The third-order valence-corrected chi connectivity index (χ3v) is 6.07. The van der Waals surface area contributed by atoms with Gasteiger partial charge in [-0.2, -0.15) is 5.10 Å². The van der Waals surface area contributed by atoms with Crippen LogP contribution in [0, 0.1) is 11.6 Å². The van der Waals surface area contributed by atoms with E-state index in [-0.39, 0.29) is 23.6 Å². The average Bonchev–Trinajstić information content (AvgIpc) is 3.38. The Labute approximate surface area is 184 Å². The highest BCUT2D eigenvalue weighted by Gasteiger charge is 2.31. The van der Waals surface area contributed by atoms with Gasteiger partial charge in [0.1, 0.15) is 23.0 Å². The first-order valence-electron chi connectivity index (χ1n) is 10.8. The lowest BCUT2D eigenvalue weighted by molar-refractivity contribution is 0.0601. The molecule has 4 aromatic rings. The van der Waals surface area contributed by atoms with Crippen molar-refractivity contribution in [1.29, 1.82) is 0 Å². The molecule has 1 saturated heterocycles. The Balaban J connectivity index is 1.44. The summed E-state index contributed by atoms with van der Waals surface area (Å²) in [6.07, 6.45) is 5.05. The normalized spacial score (nSPS) is 16.6. The van der Waals surface area contributed by atoms with Crippen LogP contribution in [-0.2, 0) is 13.5 Å². The lowest BCUT2D eigenvalue weighted by Gasteiger charge is -2.35. The second-order valence-electron chi connectivity index (χ2n) is 8.29. The smallest absolute Gasteiger partial charge is 0.275 e. The molecule has 1 fully saturated rings. The van der Waals surface area contributed by atoms with E-state index in [1.54, 1.807) is 48.3 Å². The minimum Gasteiger partial charge on any atom is -0.461 e. The Morgan fingerprint density at radius 1 is 1.16 bits per heavy atom. The van der Waals surface area contributed by atoms with Crippen LogP contribution >= 0.6 is 0 Å². The number of carbonyl (C=O) groups excluding carboxylic acids is 1. The highest BCUT2D eigenvalue weighted by Crippen LogP contribution is 2.30. The van der Waals surface area contributed by atoms with Crippen LogP contribution in [0.15, 0.2) is 59.1 Å². The van der Waals surface area contributed by atoms with E-state index < -0.39 is 0 Å². The average molecular weight is 435 g/mol. The number of fused-ring (bicyclic) bond motifs is 1. The molecule has 0 radical (unpaired) electrons. The van der Waals surface area contributed by atoms with E-state index in [2.05, 4.69) is 5.10 Å². The van der Waals surface area contributed by atoms with Gasteiger partial charge in [0, 0.05) is 37.8 Å². The molecule has 1 aliphatic rings. The Morgan fingerprint density at radius 2 is 1.97 bits per heavy atom.